The molecule has 1 aliphatic heterocycles. The molecule has 0 saturated carbocycles. The van der Waals surface area contributed by atoms with Crippen LogP contribution in [0.4, 0.5) is 5.13 Å². The summed E-state index contributed by atoms with van der Waals surface area (Å²) >= 11 is 7.65. The van der Waals surface area contributed by atoms with Gasteiger partial charge in [0.15, 0.2) is 0 Å². The molecule has 1 aliphatic rings. The number of hydrogen-bond donors (Lipinski definition) is 1. The topological polar surface area (TPSA) is 64.3 Å². The zero-order valence-corrected chi connectivity index (χ0v) is 15.9. The average molecular weight is 398 g/mol. The van der Waals surface area contributed by atoms with Gasteiger partial charge in [-0.2, -0.15) is 0 Å². The smallest absolute Gasteiger partial charge is 0.214 e. The van der Waals surface area contributed by atoms with Crippen LogP contribution in [0.3, 0.4) is 0 Å². The number of nitrogens with one attached hydrogen (secondary N) is 1. The number of pyridine rings is 1. The SMILES string of the molecule is Clc1ccc2c(c1)OCCCC2Nc1nn2cc(-c3cccnc3)nc2s1. The van der Waals surface area contributed by atoms with Crippen molar-refractivity contribution in [2.24, 2.45) is 0 Å². The van der Waals surface area contributed by atoms with E-state index in [1.807, 2.05) is 41.0 Å². The van der Waals surface area contributed by atoms with Crippen molar-refractivity contribution < 1.29 is 4.74 Å². The van der Waals surface area contributed by atoms with Gasteiger partial charge in [0, 0.05) is 28.5 Å². The highest BCUT2D eigenvalue weighted by Gasteiger charge is 2.21. The normalized spacial score (nSPS) is 16.6. The van der Waals surface area contributed by atoms with E-state index in [-0.39, 0.29) is 6.04 Å². The van der Waals surface area contributed by atoms with Crippen molar-refractivity contribution in [1.29, 1.82) is 0 Å². The molecule has 27 heavy (non-hydrogen) atoms. The molecule has 0 bridgehead atoms. The van der Waals surface area contributed by atoms with E-state index in [1.165, 1.54) is 11.3 Å². The lowest BCUT2D eigenvalue weighted by atomic mass is 10.0. The Balaban J connectivity index is 1.43. The van der Waals surface area contributed by atoms with Crippen molar-refractivity contribution in [2.45, 2.75) is 18.9 Å². The van der Waals surface area contributed by atoms with Crippen LogP contribution in [0, 0.1) is 0 Å². The van der Waals surface area contributed by atoms with Crippen LogP contribution in [-0.4, -0.2) is 26.2 Å². The Morgan fingerprint density at radius 2 is 2.26 bits per heavy atom. The van der Waals surface area contributed by atoms with Crippen LogP contribution in [0.1, 0.15) is 24.4 Å². The summed E-state index contributed by atoms with van der Waals surface area (Å²) in [6.45, 7) is 0.696. The number of hydrogen-bond acceptors (Lipinski definition) is 6. The molecule has 0 amide bonds. The molecular formula is C19H16ClN5OS. The van der Waals surface area contributed by atoms with Crippen LogP contribution >= 0.6 is 22.9 Å². The Kier molecular flexibility index (Phi) is 4.18. The summed E-state index contributed by atoms with van der Waals surface area (Å²) in [5.41, 5.74) is 2.97. The van der Waals surface area contributed by atoms with Gasteiger partial charge in [0.2, 0.25) is 10.1 Å². The van der Waals surface area contributed by atoms with E-state index in [0.717, 1.165) is 45.5 Å². The van der Waals surface area contributed by atoms with E-state index < -0.39 is 0 Å². The molecule has 0 fully saturated rings. The van der Waals surface area contributed by atoms with Gasteiger partial charge in [-0.3, -0.25) is 4.98 Å². The third-order valence-corrected chi connectivity index (χ3v) is 5.63. The minimum Gasteiger partial charge on any atom is -0.493 e. The van der Waals surface area contributed by atoms with Gasteiger partial charge < -0.3 is 10.1 Å². The van der Waals surface area contributed by atoms with Gasteiger partial charge in [-0.05, 0) is 37.1 Å². The van der Waals surface area contributed by atoms with Crippen LogP contribution in [-0.2, 0) is 0 Å². The van der Waals surface area contributed by atoms with Crippen molar-refractivity contribution in [3.8, 4) is 17.0 Å². The zero-order chi connectivity index (χ0) is 18.2. The first-order valence-corrected chi connectivity index (χ1v) is 9.91. The summed E-state index contributed by atoms with van der Waals surface area (Å²) in [5, 5.41) is 9.71. The average Bonchev–Trinajstić information content (AvgIpc) is 3.17. The summed E-state index contributed by atoms with van der Waals surface area (Å²) in [4.78, 5) is 9.66. The molecule has 1 aromatic carbocycles. The Morgan fingerprint density at radius 3 is 3.11 bits per heavy atom. The Bertz CT molecular complexity index is 1060. The number of rotatable bonds is 3. The maximum absolute atomic E-state index is 6.12. The number of imidazole rings is 1. The standard InChI is InChI=1S/C19H16ClN5OS/c20-13-5-6-14-15(4-2-8-26-17(14)9-13)22-18-24-25-11-16(23-19(25)27-18)12-3-1-7-21-10-12/h1,3,5-7,9-11,15H,2,4,8H2,(H,22,24). The van der Waals surface area contributed by atoms with Gasteiger partial charge in [-0.1, -0.05) is 29.0 Å². The minimum absolute atomic E-state index is 0.133. The van der Waals surface area contributed by atoms with Gasteiger partial charge in [-0.15, -0.1) is 5.10 Å². The fraction of sp³-hybridized carbons (Fsp3) is 0.211. The zero-order valence-electron chi connectivity index (χ0n) is 14.3. The van der Waals surface area contributed by atoms with Gasteiger partial charge in [0.1, 0.15) is 5.75 Å². The molecule has 8 heteroatoms. The highest BCUT2D eigenvalue weighted by molar-refractivity contribution is 7.20. The molecule has 136 valence electrons. The van der Waals surface area contributed by atoms with E-state index in [0.29, 0.717) is 11.6 Å². The lowest BCUT2D eigenvalue weighted by Gasteiger charge is -2.17. The third-order valence-electron chi connectivity index (χ3n) is 4.54. The lowest BCUT2D eigenvalue weighted by molar-refractivity contribution is 0.316. The number of nitrogens with zero attached hydrogens (tertiary/aromatic N) is 4. The molecule has 4 aromatic rings. The maximum Gasteiger partial charge on any atom is 0.214 e. The van der Waals surface area contributed by atoms with E-state index >= 15 is 0 Å². The molecule has 1 atom stereocenters. The lowest BCUT2D eigenvalue weighted by Crippen LogP contribution is -2.10. The summed E-state index contributed by atoms with van der Waals surface area (Å²) in [5.74, 6) is 0.845. The number of benzene rings is 1. The van der Waals surface area contributed by atoms with Crippen molar-refractivity contribution in [2.75, 3.05) is 11.9 Å². The molecule has 0 aliphatic carbocycles. The monoisotopic (exact) mass is 397 g/mol. The maximum atomic E-state index is 6.12. The van der Waals surface area contributed by atoms with Crippen molar-refractivity contribution in [3.63, 3.8) is 0 Å². The van der Waals surface area contributed by atoms with E-state index in [1.54, 1.807) is 12.4 Å². The van der Waals surface area contributed by atoms with Crippen LogP contribution in [0.15, 0.2) is 48.9 Å². The second kappa shape index (κ2) is 6.83. The first kappa shape index (κ1) is 16.5. The van der Waals surface area contributed by atoms with Gasteiger partial charge in [0.25, 0.3) is 0 Å². The van der Waals surface area contributed by atoms with Crippen LogP contribution in [0.5, 0.6) is 5.75 Å². The second-order valence-electron chi connectivity index (χ2n) is 6.37. The number of aromatic nitrogens is 4. The van der Waals surface area contributed by atoms with Crippen molar-refractivity contribution >= 4 is 33.0 Å². The number of halogens is 1. The van der Waals surface area contributed by atoms with Gasteiger partial charge >= 0.3 is 0 Å². The highest BCUT2D eigenvalue weighted by atomic mass is 35.5. The summed E-state index contributed by atoms with van der Waals surface area (Å²) in [7, 11) is 0. The number of anilines is 1. The molecule has 1 unspecified atom stereocenters. The van der Waals surface area contributed by atoms with Crippen LogP contribution in [0.2, 0.25) is 5.02 Å². The van der Waals surface area contributed by atoms with E-state index in [2.05, 4.69) is 20.4 Å². The molecular weight excluding hydrogens is 382 g/mol. The van der Waals surface area contributed by atoms with Crippen molar-refractivity contribution in [3.05, 3.63) is 59.5 Å². The second-order valence-corrected chi connectivity index (χ2v) is 7.76. The summed E-state index contributed by atoms with van der Waals surface area (Å²) in [6, 6.07) is 9.84. The van der Waals surface area contributed by atoms with Crippen LogP contribution in [0.25, 0.3) is 16.2 Å². The Morgan fingerprint density at radius 1 is 1.30 bits per heavy atom. The Labute approximate surface area is 164 Å². The summed E-state index contributed by atoms with van der Waals surface area (Å²) in [6.07, 6.45) is 7.43. The molecule has 4 heterocycles. The largest absolute Gasteiger partial charge is 0.493 e. The minimum atomic E-state index is 0.133. The molecule has 1 N–H and O–H groups in total. The van der Waals surface area contributed by atoms with Gasteiger partial charge in [-0.25, -0.2) is 9.50 Å². The fourth-order valence-electron chi connectivity index (χ4n) is 3.26. The fourth-order valence-corrected chi connectivity index (χ4v) is 4.25. The van der Waals surface area contributed by atoms with Crippen LogP contribution < -0.4 is 10.1 Å². The number of ether oxygens (including phenoxy) is 1. The molecule has 0 saturated heterocycles. The molecule has 0 radical (unpaired) electrons. The molecule has 5 rings (SSSR count). The first-order valence-electron chi connectivity index (χ1n) is 8.72. The van der Waals surface area contributed by atoms with Gasteiger partial charge in [0.05, 0.1) is 24.5 Å². The molecule has 3 aromatic heterocycles. The molecule has 6 nitrogen and oxygen atoms in total. The first-order chi connectivity index (χ1) is 13.3. The summed E-state index contributed by atoms with van der Waals surface area (Å²) < 4.78 is 7.65. The number of fused-ring (bicyclic) bond motifs is 2. The van der Waals surface area contributed by atoms with Crippen molar-refractivity contribution in [1.82, 2.24) is 19.6 Å². The Hall–Kier alpha value is -2.64. The molecule has 0 spiro atoms. The third kappa shape index (κ3) is 3.24. The van der Waals surface area contributed by atoms with E-state index in [9.17, 15) is 0 Å². The predicted octanol–water partition coefficient (Wildman–Crippen LogP) is 4.83. The highest BCUT2D eigenvalue weighted by Crippen LogP contribution is 2.36. The predicted molar refractivity (Wildman–Crippen MR) is 107 cm³/mol. The quantitative estimate of drug-likeness (QED) is 0.536. The van der Waals surface area contributed by atoms with E-state index in [4.69, 9.17) is 16.3 Å².